The van der Waals surface area contributed by atoms with Gasteiger partial charge >= 0.3 is 0 Å². The maximum atomic E-state index is 12.4. The molecular formula is C16H33N3O. The Morgan fingerprint density at radius 2 is 2.10 bits per heavy atom. The summed E-state index contributed by atoms with van der Waals surface area (Å²) in [6.07, 6.45) is 5.13. The first-order valence-electron chi connectivity index (χ1n) is 8.23. The minimum absolute atomic E-state index is 0.0189. The zero-order chi connectivity index (χ0) is 15.2. The van der Waals surface area contributed by atoms with Crippen molar-refractivity contribution >= 4 is 5.91 Å². The minimum atomic E-state index is -0.354. The molecule has 1 aliphatic rings. The Labute approximate surface area is 124 Å². The normalized spacial score (nSPS) is 27.8. The summed E-state index contributed by atoms with van der Waals surface area (Å²) in [6.45, 7) is 11.8. The first-order valence-corrected chi connectivity index (χ1v) is 8.23. The molecule has 118 valence electrons. The van der Waals surface area contributed by atoms with E-state index >= 15 is 0 Å². The van der Waals surface area contributed by atoms with E-state index in [1.54, 1.807) is 0 Å². The van der Waals surface area contributed by atoms with Crippen molar-refractivity contribution in [1.29, 1.82) is 0 Å². The Bertz CT molecular complexity index is 304. The summed E-state index contributed by atoms with van der Waals surface area (Å²) in [4.78, 5) is 14.8. The van der Waals surface area contributed by atoms with E-state index in [-0.39, 0.29) is 23.4 Å². The summed E-state index contributed by atoms with van der Waals surface area (Å²) in [5.41, 5.74) is 5.74. The van der Waals surface area contributed by atoms with Gasteiger partial charge in [-0.2, -0.15) is 0 Å². The van der Waals surface area contributed by atoms with Crippen molar-refractivity contribution in [3.05, 3.63) is 0 Å². The lowest BCUT2D eigenvalue weighted by Gasteiger charge is -2.29. The van der Waals surface area contributed by atoms with Crippen LogP contribution in [0, 0.1) is 5.41 Å². The van der Waals surface area contributed by atoms with Crippen molar-refractivity contribution in [1.82, 2.24) is 10.2 Å². The number of carbonyl (C=O) groups excluding carboxylic acids is 1. The van der Waals surface area contributed by atoms with Gasteiger partial charge in [0.05, 0.1) is 5.41 Å². The van der Waals surface area contributed by atoms with Crippen molar-refractivity contribution < 1.29 is 4.79 Å². The maximum Gasteiger partial charge on any atom is 0.227 e. The molecule has 3 N–H and O–H groups in total. The molecule has 0 saturated heterocycles. The van der Waals surface area contributed by atoms with E-state index in [1.807, 2.05) is 6.92 Å². The van der Waals surface area contributed by atoms with E-state index < -0.39 is 0 Å². The fourth-order valence-corrected chi connectivity index (χ4v) is 3.10. The van der Waals surface area contributed by atoms with Gasteiger partial charge in [0.2, 0.25) is 5.91 Å². The second-order valence-corrected chi connectivity index (χ2v) is 6.46. The van der Waals surface area contributed by atoms with Crippen molar-refractivity contribution in [3.8, 4) is 0 Å². The lowest BCUT2D eigenvalue weighted by Crippen LogP contribution is -2.49. The largest absolute Gasteiger partial charge is 0.353 e. The van der Waals surface area contributed by atoms with Gasteiger partial charge in [-0.15, -0.1) is 0 Å². The SMILES string of the molecule is CCN(CC)CCCC(C)NC(=O)C1(C)CCCC1N. The van der Waals surface area contributed by atoms with Crippen molar-refractivity contribution in [3.63, 3.8) is 0 Å². The molecule has 0 aromatic carbocycles. The molecule has 20 heavy (non-hydrogen) atoms. The van der Waals surface area contributed by atoms with Crippen LogP contribution in [0.25, 0.3) is 0 Å². The molecule has 1 fully saturated rings. The Morgan fingerprint density at radius 1 is 1.45 bits per heavy atom. The second-order valence-electron chi connectivity index (χ2n) is 6.46. The number of hydrogen-bond donors (Lipinski definition) is 2. The third-order valence-electron chi connectivity index (χ3n) is 4.93. The summed E-state index contributed by atoms with van der Waals surface area (Å²) >= 11 is 0. The summed E-state index contributed by atoms with van der Waals surface area (Å²) in [5, 5.41) is 3.17. The molecule has 1 aliphatic carbocycles. The number of carbonyl (C=O) groups is 1. The van der Waals surface area contributed by atoms with Crippen LogP contribution in [0.5, 0.6) is 0 Å². The minimum Gasteiger partial charge on any atom is -0.353 e. The summed E-state index contributed by atoms with van der Waals surface area (Å²) in [5.74, 6) is 0.151. The average Bonchev–Trinajstić information content (AvgIpc) is 2.76. The molecule has 4 heteroatoms. The second kappa shape index (κ2) is 7.99. The highest BCUT2D eigenvalue weighted by molar-refractivity contribution is 5.83. The molecule has 3 atom stereocenters. The van der Waals surface area contributed by atoms with Crippen LogP contribution in [0.1, 0.15) is 59.8 Å². The van der Waals surface area contributed by atoms with Crippen LogP contribution in [0.3, 0.4) is 0 Å². The number of nitrogens with one attached hydrogen (secondary N) is 1. The van der Waals surface area contributed by atoms with E-state index in [1.165, 1.54) is 0 Å². The summed E-state index contributed by atoms with van der Waals surface area (Å²) in [7, 11) is 0. The first kappa shape index (κ1) is 17.4. The highest BCUT2D eigenvalue weighted by Gasteiger charge is 2.43. The number of nitrogens with two attached hydrogens (primary N) is 1. The van der Waals surface area contributed by atoms with Crippen LogP contribution < -0.4 is 11.1 Å². The van der Waals surface area contributed by atoms with Gasteiger partial charge in [-0.05, 0) is 59.2 Å². The number of hydrogen-bond acceptors (Lipinski definition) is 3. The highest BCUT2D eigenvalue weighted by atomic mass is 16.2. The fraction of sp³-hybridized carbons (Fsp3) is 0.938. The van der Waals surface area contributed by atoms with Gasteiger partial charge in [-0.3, -0.25) is 4.79 Å². The van der Waals surface area contributed by atoms with Crippen LogP contribution in [-0.2, 0) is 4.79 Å². The van der Waals surface area contributed by atoms with Gasteiger partial charge in [0, 0.05) is 12.1 Å². The predicted octanol–water partition coefficient (Wildman–Crippen LogP) is 2.13. The molecule has 0 spiro atoms. The van der Waals surface area contributed by atoms with Gasteiger partial charge in [0.1, 0.15) is 0 Å². The Morgan fingerprint density at radius 3 is 2.60 bits per heavy atom. The Balaban J connectivity index is 2.31. The van der Waals surface area contributed by atoms with Gasteiger partial charge in [0.25, 0.3) is 0 Å². The highest BCUT2D eigenvalue weighted by Crippen LogP contribution is 2.36. The zero-order valence-electron chi connectivity index (χ0n) is 13.7. The van der Waals surface area contributed by atoms with E-state index in [0.29, 0.717) is 0 Å². The molecule has 0 aromatic heterocycles. The number of rotatable bonds is 8. The third kappa shape index (κ3) is 4.45. The first-order chi connectivity index (χ1) is 9.43. The third-order valence-corrected chi connectivity index (χ3v) is 4.93. The maximum absolute atomic E-state index is 12.4. The molecule has 0 aliphatic heterocycles. The van der Waals surface area contributed by atoms with Crippen LogP contribution in [0.4, 0.5) is 0 Å². The van der Waals surface area contributed by atoms with E-state index in [4.69, 9.17) is 5.73 Å². The molecule has 0 radical (unpaired) electrons. The monoisotopic (exact) mass is 283 g/mol. The number of nitrogens with zero attached hydrogens (tertiary/aromatic N) is 1. The lowest BCUT2D eigenvalue weighted by atomic mass is 9.84. The molecule has 0 heterocycles. The van der Waals surface area contributed by atoms with Gasteiger partial charge in [0.15, 0.2) is 0 Å². The van der Waals surface area contributed by atoms with Crippen LogP contribution in [0.2, 0.25) is 0 Å². The lowest BCUT2D eigenvalue weighted by molar-refractivity contribution is -0.131. The number of amides is 1. The summed E-state index contributed by atoms with van der Waals surface area (Å²) < 4.78 is 0. The fourth-order valence-electron chi connectivity index (χ4n) is 3.10. The zero-order valence-corrected chi connectivity index (χ0v) is 13.7. The van der Waals surface area contributed by atoms with E-state index in [9.17, 15) is 4.79 Å². The van der Waals surface area contributed by atoms with Crippen LogP contribution in [-0.4, -0.2) is 42.5 Å². The van der Waals surface area contributed by atoms with Gasteiger partial charge in [-0.25, -0.2) is 0 Å². The molecule has 0 bridgehead atoms. The van der Waals surface area contributed by atoms with Gasteiger partial charge in [-0.1, -0.05) is 20.3 Å². The standard InChI is InChI=1S/C16H33N3O/c1-5-19(6-2)12-8-9-13(3)18-15(20)16(4)11-7-10-14(16)17/h13-14H,5-12,17H2,1-4H3,(H,18,20). The quantitative estimate of drug-likeness (QED) is 0.717. The predicted molar refractivity (Wildman–Crippen MR) is 84.6 cm³/mol. The van der Waals surface area contributed by atoms with Crippen LogP contribution >= 0.6 is 0 Å². The molecule has 4 nitrogen and oxygen atoms in total. The molecule has 3 unspecified atom stereocenters. The van der Waals surface area contributed by atoms with E-state index in [2.05, 4.69) is 31.0 Å². The summed E-state index contributed by atoms with van der Waals surface area (Å²) in [6, 6.07) is 0.257. The molecule has 1 rings (SSSR count). The molecule has 1 amide bonds. The molecule has 1 saturated carbocycles. The molecular weight excluding hydrogens is 250 g/mol. The topological polar surface area (TPSA) is 58.4 Å². The smallest absolute Gasteiger partial charge is 0.227 e. The van der Waals surface area contributed by atoms with Crippen LogP contribution in [0.15, 0.2) is 0 Å². The van der Waals surface area contributed by atoms with Gasteiger partial charge < -0.3 is 16.0 Å². The van der Waals surface area contributed by atoms with Crippen molar-refractivity contribution in [2.75, 3.05) is 19.6 Å². The van der Waals surface area contributed by atoms with Crippen molar-refractivity contribution in [2.45, 2.75) is 71.9 Å². The van der Waals surface area contributed by atoms with Crippen molar-refractivity contribution in [2.24, 2.45) is 11.1 Å². The Kier molecular flexibility index (Phi) is 6.96. The molecule has 0 aromatic rings. The Hall–Kier alpha value is -0.610. The van der Waals surface area contributed by atoms with E-state index in [0.717, 1.165) is 51.7 Å². The average molecular weight is 283 g/mol.